The summed E-state index contributed by atoms with van der Waals surface area (Å²) < 4.78 is 11.5. The van der Waals surface area contributed by atoms with E-state index in [0.29, 0.717) is 22.5 Å². The van der Waals surface area contributed by atoms with E-state index < -0.39 is 0 Å². The Morgan fingerprint density at radius 2 is 1.88 bits per heavy atom. The highest BCUT2D eigenvalue weighted by molar-refractivity contribution is 5.89. The number of hydrogen-bond acceptors (Lipinski definition) is 5. The van der Waals surface area contributed by atoms with Gasteiger partial charge in [-0.05, 0) is 0 Å². The Bertz CT molecular complexity index is 547. The first kappa shape index (κ1) is 10.4. The molecule has 2 rings (SSSR count). The minimum Gasteiger partial charge on any atom is -0.493 e. The summed E-state index contributed by atoms with van der Waals surface area (Å²) in [6, 6.07) is 3.36. The predicted molar refractivity (Wildman–Crippen MR) is 56.9 cm³/mol. The molecule has 0 aliphatic carbocycles. The Kier molecular flexibility index (Phi) is 2.47. The van der Waals surface area contributed by atoms with Crippen LogP contribution in [0.25, 0.3) is 11.0 Å². The SMILES string of the molecule is COc1cc2nnn(C(C)=O)c2cc1OC. The first-order valence-corrected chi connectivity index (χ1v) is 4.65. The molecule has 0 radical (unpaired) electrons. The molecule has 0 aliphatic rings. The number of benzene rings is 1. The predicted octanol–water partition coefficient (Wildman–Crippen LogP) is 1.11. The van der Waals surface area contributed by atoms with Crippen LogP contribution in [0.2, 0.25) is 0 Å². The van der Waals surface area contributed by atoms with Gasteiger partial charge in [-0.1, -0.05) is 5.21 Å². The van der Waals surface area contributed by atoms with Crippen molar-refractivity contribution in [2.45, 2.75) is 6.92 Å². The van der Waals surface area contributed by atoms with Crippen LogP contribution in [-0.2, 0) is 0 Å². The Morgan fingerprint density at radius 1 is 1.25 bits per heavy atom. The molecule has 0 saturated carbocycles. The quantitative estimate of drug-likeness (QED) is 0.759. The first-order chi connectivity index (χ1) is 7.67. The second-order valence-electron chi connectivity index (χ2n) is 3.22. The van der Waals surface area contributed by atoms with Gasteiger partial charge in [-0.2, -0.15) is 4.68 Å². The van der Waals surface area contributed by atoms with Gasteiger partial charge < -0.3 is 9.47 Å². The Balaban J connectivity index is 2.71. The Labute approximate surface area is 91.8 Å². The van der Waals surface area contributed by atoms with Gasteiger partial charge in [0.05, 0.1) is 14.2 Å². The molecule has 0 fully saturated rings. The van der Waals surface area contributed by atoms with Crippen molar-refractivity contribution in [2.75, 3.05) is 14.2 Å². The molecule has 0 spiro atoms. The first-order valence-electron chi connectivity index (χ1n) is 4.65. The Hall–Kier alpha value is -2.11. The second kappa shape index (κ2) is 3.80. The van der Waals surface area contributed by atoms with Gasteiger partial charge in [-0.25, -0.2) is 0 Å². The number of nitrogens with zero attached hydrogens (tertiary/aromatic N) is 3. The van der Waals surface area contributed by atoms with E-state index >= 15 is 0 Å². The maximum Gasteiger partial charge on any atom is 0.245 e. The minimum absolute atomic E-state index is 0.199. The highest BCUT2D eigenvalue weighted by Gasteiger charge is 2.13. The van der Waals surface area contributed by atoms with E-state index in [1.807, 2.05) is 0 Å². The standard InChI is InChI=1S/C10H11N3O3/c1-6(14)13-8-5-10(16-3)9(15-2)4-7(8)11-12-13/h4-5H,1-3H3. The maximum absolute atomic E-state index is 11.3. The van der Waals surface area contributed by atoms with Crippen LogP contribution in [0.1, 0.15) is 11.7 Å². The summed E-state index contributed by atoms with van der Waals surface area (Å²) in [6.07, 6.45) is 0. The van der Waals surface area contributed by atoms with E-state index in [9.17, 15) is 4.79 Å². The number of carbonyl (C=O) groups excluding carboxylic acids is 1. The lowest BCUT2D eigenvalue weighted by Gasteiger charge is -2.06. The zero-order valence-corrected chi connectivity index (χ0v) is 9.22. The van der Waals surface area contributed by atoms with E-state index in [0.717, 1.165) is 0 Å². The van der Waals surface area contributed by atoms with Crippen LogP contribution in [0.4, 0.5) is 0 Å². The van der Waals surface area contributed by atoms with Crippen LogP contribution in [-0.4, -0.2) is 35.1 Å². The molecular weight excluding hydrogens is 210 g/mol. The average molecular weight is 221 g/mol. The van der Waals surface area contributed by atoms with Crippen molar-refractivity contribution < 1.29 is 14.3 Å². The van der Waals surface area contributed by atoms with Crippen molar-refractivity contribution in [3.05, 3.63) is 12.1 Å². The second-order valence-corrected chi connectivity index (χ2v) is 3.22. The summed E-state index contributed by atoms with van der Waals surface area (Å²) in [5, 5.41) is 7.63. The van der Waals surface area contributed by atoms with Crippen LogP contribution in [0.15, 0.2) is 12.1 Å². The molecule has 6 nitrogen and oxygen atoms in total. The van der Waals surface area contributed by atoms with E-state index in [1.165, 1.54) is 18.7 Å². The molecule has 1 aromatic heterocycles. The summed E-state index contributed by atoms with van der Waals surface area (Å²) >= 11 is 0. The van der Waals surface area contributed by atoms with Crippen LogP contribution < -0.4 is 9.47 Å². The summed E-state index contributed by atoms with van der Waals surface area (Å²) in [5.41, 5.74) is 1.19. The van der Waals surface area contributed by atoms with Crippen molar-refractivity contribution in [1.82, 2.24) is 15.0 Å². The molecule has 0 amide bonds. The average Bonchev–Trinajstić information content (AvgIpc) is 2.69. The molecule has 0 saturated heterocycles. The molecule has 84 valence electrons. The topological polar surface area (TPSA) is 66.2 Å². The van der Waals surface area contributed by atoms with Gasteiger partial charge in [0.2, 0.25) is 5.91 Å². The smallest absolute Gasteiger partial charge is 0.245 e. The third-order valence-electron chi connectivity index (χ3n) is 2.25. The molecule has 0 N–H and O–H groups in total. The van der Waals surface area contributed by atoms with Gasteiger partial charge in [-0.15, -0.1) is 5.10 Å². The normalized spacial score (nSPS) is 10.4. The monoisotopic (exact) mass is 221 g/mol. The van der Waals surface area contributed by atoms with Crippen molar-refractivity contribution in [3.8, 4) is 11.5 Å². The van der Waals surface area contributed by atoms with Gasteiger partial charge in [0.25, 0.3) is 0 Å². The van der Waals surface area contributed by atoms with E-state index in [2.05, 4.69) is 10.3 Å². The van der Waals surface area contributed by atoms with Crippen molar-refractivity contribution in [1.29, 1.82) is 0 Å². The molecule has 0 bridgehead atoms. The van der Waals surface area contributed by atoms with Crippen LogP contribution in [0, 0.1) is 0 Å². The van der Waals surface area contributed by atoms with Crippen LogP contribution in [0.5, 0.6) is 11.5 Å². The third kappa shape index (κ3) is 1.48. The Morgan fingerprint density at radius 3 is 2.44 bits per heavy atom. The fraction of sp³-hybridized carbons (Fsp3) is 0.300. The highest BCUT2D eigenvalue weighted by Crippen LogP contribution is 2.30. The molecule has 0 aliphatic heterocycles. The number of ether oxygens (including phenoxy) is 2. The van der Waals surface area contributed by atoms with E-state index in [1.54, 1.807) is 19.2 Å². The lowest BCUT2D eigenvalue weighted by molar-refractivity contribution is 0.0924. The van der Waals surface area contributed by atoms with E-state index in [-0.39, 0.29) is 5.91 Å². The molecular formula is C10H11N3O3. The summed E-state index contributed by atoms with van der Waals surface area (Å²) in [7, 11) is 3.07. The van der Waals surface area contributed by atoms with Gasteiger partial charge >= 0.3 is 0 Å². The summed E-state index contributed by atoms with van der Waals surface area (Å²) in [5.74, 6) is 0.903. The third-order valence-corrected chi connectivity index (χ3v) is 2.25. The molecule has 0 unspecified atom stereocenters. The highest BCUT2D eigenvalue weighted by atomic mass is 16.5. The summed E-state index contributed by atoms with van der Waals surface area (Å²) in [6.45, 7) is 1.42. The van der Waals surface area contributed by atoms with E-state index in [4.69, 9.17) is 9.47 Å². The number of methoxy groups -OCH3 is 2. The molecule has 16 heavy (non-hydrogen) atoms. The largest absolute Gasteiger partial charge is 0.493 e. The van der Waals surface area contributed by atoms with Gasteiger partial charge in [0.1, 0.15) is 11.0 Å². The number of carbonyl (C=O) groups is 1. The summed E-state index contributed by atoms with van der Waals surface area (Å²) in [4.78, 5) is 11.3. The molecule has 2 aromatic rings. The number of fused-ring (bicyclic) bond motifs is 1. The molecule has 1 aromatic carbocycles. The minimum atomic E-state index is -0.199. The lowest BCUT2D eigenvalue weighted by Crippen LogP contribution is -2.07. The fourth-order valence-electron chi connectivity index (χ4n) is 1.48. The van der Waals surface area contributed by atoms with Gasteiger partial charge in [0, 0.05) is 19.1 Å². The maximum atomic E-state index is 11.3. The van der Waals surface area contributed by atoms with Crippen molar-refractivity contribution in [2.24, 2.45) is 0 Å². The van der Waals surface area contributed by atoms with Gasteiger partial charge in [-0.3, -0.25) is 4.79 Å². The number of rotatable bonds is 2. The molecule has 1 heterocycles. The van der Waals surface area contributed by atoms with Crippen molar-refractivity contribution >= 4 is 16.9 Å². The van der Waals surface area contributed by atoms with Crippen LogP contribution in [0.3, 0.4) is 0 Å². The fourth-order valence-corrected chi connectivity index (χ4v) is 1.48. The molecule has 0 atom stereocenters. The number of hydrogen-bond donors (Lipinski definition) is 0. The van der Waals surface area contributed by atoms with Gasteiger partial charge in [0.15, 0.2) is 11.5 Å². The number of aromatic nitrogens is 3. The van der Waals surface area contributed by atoms with Crippen molar-refractivity contribution in [3.63, 3.8) is 0 Å². The molecule has 6 heteroatoms. The van der Waals surface area contributed by atoms with Crippen LogP contribution >= 0.6 is 0 Å². The zero-order valence-electron chi connectivity index (χ0n) is 9.22. The lowest BCUT2D eigenvalue weighted by atomic mass is 10.2. The zero-order chi connectivity index (χ0) is 11.7.